The fraction of sp³-hybridized carbons (Fsp3) is 0.625. The largest absolute Gasteiger partial charge is 0.396 e. The third-order valence-corrected chi connectivity index (χ3v) is 4.15. The predicted molar refractivity (Wildman–Crippen MR) is 76.8 cm³/mol. The highest BCUT2D eigenvalue weighted by molar-refractivity contribution is 5.20. The summed E-state index contributed by atoms with van der Waals surface area (Å²) >= 11 is 0. The first-order valence-corrected chi connectivity index (χ1v) is 7.59. The first-order chi connectivity index (χ1) is 10.1. The Kier molecular flexibility index (Phi) is 6.08. The van der Waals surface area contributed by atoms with E-state index in [4.69, 9.17) is 5.11 Å². The van der Waals surface area contributed by atoms with Gasteiger partial charge >= 0.3 is 0 Å². The number of aliphatic hydroxyl groups excluding tert-OH is 2. The normalized spacial score (nSPS) is 20.9. The first kappa shape index (κ1) is 16.3. The molecule has 1 heterocycles. The van der Waals surface area contributed by atoms with Crippen molar-refractivity contribution in [2.75, 3.05) is 19.7 Å². The second kappa shape index (κ2) is 7.82. The molecule has 21 heavy (non-hydrogen) atoms. The van der Waals surface area contributed by atoms with Gasteiger partial charge in [-0.3, -0.25) is 0 Å². The first-order valence-electron chi connectivity index (χ1n) is 7.59. The maximum absolute atomic E-state index is 13.1. The number of rotatable bonds is 7. The molecule has 1 saturated heterocycles. The molecule has 1 aromatic rings. The summed E-state index contributed by atoms with van der Waals surface area (Å²) in [7, 11) is 0. The van der Waals surface area contributed by atoms with Crippen LogP contribution in [0.25, 0.3) is 0 Å². The minimum Gasteiger partial charge on any atom is -0.396 e. The molecule has 1 aliphatic heterocycles. The van der Waals surface area contributed by atoms with Gasteiger partial charge in [-0.15, -0.1) is 0 Å². The molecule has 1 aliphatic rings. The molecule has 118 valence electrons. The number of nitrogens with zero attached hydrogens (tertiary/aromatic N) is 1. The second-order valence-electron chi connectivity index (χ2n) is 5.71. The van der Waals surface area contributed by atoms with Crippen molar-refractivity contribution >= 4 is 0 Å². The van der Waals surface area contributed by atoms with Gasteiger partial charge in [0.1, 0.15) is 11.6 Å². The second-order valence-corrected chi connectivity index (χ2v) is 5.71. The Bertz CT molecular complexity index is 436. The number of benzene rings is 1. The summed E-state index contributed by atoms with van der Waals surface area (Å²) in [6.07, 6.45) is 3.60. The summed E-state index contributed by atoms with van der Waals surface area (Å²) in [5.74, 6) is -1.32. The molecule has 2 rings (SSSR count). The van der Waals surface area contributed by atoms with Crippen LogP contribution in [0, 0.1) is 11.6 Å². The van der Waals surface area contributed by atoms with E-state index in [9.17, 15) is 13.9 Å². The molecular formula is C16H23F2NO2. The zero-order valence-corrected chi connectivity index (χ0v) is 12.1. The number of halogens is 2. The van der Waals surface area contributed by atoms with E-state index in [1.807, 2.05) is 0 Å². The SMILES string of the molecule is OCCCC1CCCN1CCC(O)c1cc(F)cc(F)c1. The van der Waals surface area contributed by atoms with Crippen LogP contribution in [0.15, 0.2) is 18.2 Å². The van der Waals surface area contributed by atoms with Crippen LogP contribution in [0.3, 0.4) is 0 Å². The third-order valence-electron chi connectivity index (χ3n) is 4.15. The molecule has 5 heteroatoms. The van der Waals surface area contributed by atoms with Gasteiger partial charge in [-0.2, -0.15) is 0 Å². The molecule has 0 bridgehead atoms. The minimum absolute atomic E-state index is 0.204. The van der Waals surface area contributed by atoms with Crippen LogP contribution in [-0.2, 0) is 0 Å². The third kappa shape index (κ3) is 4.73. The Morgan fingerprint density at radius 2 is 1.95 bits per heavy atom. The van der Waals surface area contributed by atoms with Gasteiger partial charge in [0.05, 0.1) is 6.10 Å². The molecule has 2 N–H and O–H groups in total. The van der Waals surface area contributed by atoms with E-state index >= 15 is 0 Å². The molecule has 1 fully saturated rings. The van der Waals surface area contributed by atoms with E-state index in [0.29, 0.717) is 24.6 Å². The molecule has 0 spiro atoms. The van der Waals surface area contributed by atoms with Crippen LogP contribution in [0.2, 0.25) is 0 Å². The quantitative estimate of drug-likeness (QED) is 0.813. The van der Waals surface area contributed by atoms with Gasteiger partial charge in [0, 0.05) is 25.3 Å². The van der Waals surface area contributed by atoms with Crippen LogP contribution in [0.5, 0.6) is 0 Å². The minimum atomic E-state index is -0.853. The van der Waals surface area contributed by atoms with Gasteiger partial charge < -0.3 is 15.1 Å². The highest BCUT2D eigenvalue weighted by Gasteiger charge is 2.24. The molecular weight excluding hydrogens is 276 g/mol. The lowest BCUT2D eigenvalue weighted by molar-refractivity contribution is 0.133. The fourth-order valence-corrected chi connectivity index (χ4v) is 3.07. The topological polar surface area (TPSA) is 43.7 Å². The standard InChI is InChI=1S/C16H23F2NO2/c17-13-9-12(10-14(18)11-13)16(21)5-7-19-6-1-3-15(19)4-2-8-20/h9-11,15-16,20-21H,1-8H2. The van der Waals surface area contributed by atoms with Gasteiger partial charge in [-0.25, -0.2) is 8.78 Å². The number of hydrogen-bond acceptors (Lipinski definition) is 3. The van der Waals surface area contributed by atoms with E-state index in [-0.39, 0.29) is 6.61 Å². The molecule has 2 atom stereocenters. The Labute approximate surface area is 124 Å². The van der Waals surface area contributed by atoms with E-state index in [2.05, 4.69) is 4.90 Å². The maximum atomic E-state index is 13.1. The Morgan fingerprint density at radius 3 is 2.62 bits per heavy atom. The van der Waals surface area contributed by atoms with Gasteiger partial charge in [0.15, 0.2) is 0 Å². The zero-order valence-electron chi connectivity index (χ0n) is 12.1. The molecule has 0 saturated carbocycles. The summed E-state index contributed by atoms with van der Waals surface area (Å²) in [6.45, 7) is 1.89. The lowest BCUT2D eigenvalue weighted by Crippen LogP contribution is -2.31. The van der Waals surface area contributed by atoms with Crippen LogP contribution in [-0.4, -0.2) is 40.9 Å². The van der Waals surface area contributed by atoms with Gasteiger partial charge in [-0.05, 0) is 56.3 Å². The monoisotopic (exact) mass is 299 g/mol. The van der Waals surface area contributed by atoms with Crippen molar-refractivity contribution < 1.29 is 19.0 Å². The average molecular weight is 299 g/mol. The van der Waals surface area contributed by atoms with Crippen molar-refractivity contribution in [3.05, 3.63) is 35.4 Å². The van der Waals surface area contributed by atoms with E-state index in [0.717, 1.165) is 38.3 Å². The summed E-state index contributed by atoms with van der Waals surface area (Å²) < 4.78 is 26.3. The maximum Gasteiger partial charge on any atom is 0.126 e. The fourth-order valence-electron chi connectivity index (χ4n) is 3.07. The molecule has 0 amide bonds. The summed E-state index contributed by atoms with van der Waals surface area (Å²) in [5, 5.41) is 19.0. The smallest absolute Gasteiger partial charge is 0.126 e. The molecule has 0 radical (unpaired) electrons. The van der Waals surface area contributed by atoms with Crippen molar-refractivity contribution in [2.24, 2.45) is 0 Å². The van der Waals surface area contributed by atoms with Crippen molar-refractivity contribution in [1.82, 2.24) is 4.90 Å². The van der Waals surface area contributed by atoms with Crippen LogP contribution in [0.4, 0.5) is 8.78 Å². The Balaban J connectivity index is 1.86. The van der Waals surface area contributed by atoms with Crippen LogP contribution < -0.4 is 0 Å². The summed E-state index contributed by atoms with van der Waals surface area (Å²) in [5.41, 5.74) is 0.290. The van der Waals surface area contributed by atoms with Crippen molar-refractivity contribution in [3.63, 3.8) is 0 Å². The Morgan fingerprint density at radius 1 is 1.24 bits per heavy atom. The number of hydrogen-bond donors (Lipinski definition) is 2. The summed E-state index contributed by atoms with van der Waals surface area (Å²) in [6, 6.07) is 3.62. The van der Waals surface area contributed by atoms with Crippen molar-refractivity contribution in [2.45, 2.75) is 44.2 Å². The van der Waals surface area contributed by atoms with Crippen LogP contribution >= 0.6 is 0 Å². The van der Waals surface area contributed by atoms with E-state index in [1.54, 1.807) is 0 Å². The number of aliphatic hydroxyl groups is 2. The number of likely N-dealkylation sites (tertiary alicyclic amines) is 1. The molecule has 1 aromatic carbocycles. The molecule has 2 unspecified atom stereocenters. The van der Waals surface area contributed by atoms with Gasteiger partial charge in [-0.1, -0.05) is 0 Å². The van der Waals surface area contributed by atoms with E-state index in [1.165, 1.54) is 12.1 Å². The van der Waals surface area contributed by atoms with Gasteiger partial charge in [0.25, 0.3) is 0 Å². The van der Waals surface area contributed by atoms with Gasteiger partial charge in [0.2, 0.25) is 0 Å². The zero-order chi connectivity index (χ0) is 15.2. The molecule has 0 aromatic heterocycles. The van der Waals surface area contributed by atoms with E-state index < -0.39 is 17.7 Å². The Hall–Kier alpha value is -1.04. The highest BCUT2D eigenvalue weighted by Crippen LogP contribution is 2.24. The predicted octanol–water partition coefficient (Wildman–Crippen LogP) is 2.63. The molecule has 0 aliphatic carbocycles. The highest BCUT2D eigenvalue weighted by atomic mass is 19.1. The molecule has 3 nitrogen and oxygen atoms in total. The lowest BCUT2D eigenvalue weighted by atomic mass is 10.0. The lowest BCUT2D eigenvalue weighted by Gasteiger charge is -2.25. The van der Waals surface area contributed by atoms with Crippen molar-refractivity contribution in [1.29, 1.82) is 0 Å². The summed E-state index contributed by atoms with van der Waals surface area (Å²) in [4.78, 5) is 2.30. The van der Waals surface area contributed by atoms with Crippen LogP contribution in [0.1, 0.15) is 43.8 Å². The average Bonchev–Trinajstić information content (AvgIpc) is 2.88. The van der Waals surface area contributed by atoms with Crippen molar-refractivity contribution in [3.8, 4) is 0 Å².